The molecule has 0 heterocycles. The largest absolute Gasteiger partial charge is 0.504 e. The van der Waals surface area contributed by atoms with Crippen molar-refractivity contribution in [1.29, 1.82) is 0 Å². The number of ether oxygens (including phenoxy) is 1. The Hall–Kier alpha value is -1.55. The minimum absolute atomic E-state index is 0.0170. The number of phenolic OH excluding ortho intramolecular Hbond substituents is 1. The summed E-state index contributed by atoms with van der Waals surface area (Å²) in [5.74, 6) is 0.214. The summed E-state index contributed by atoms with van der Waals surface area (Å²) in [6.07, 6.45) is 1.46. The number of ketones is 1. The molecule has 0 amide bonds. The van der Waals surface area contributed by atoms with Gasteiger partial charge in [-0.25, -0.2) is 0 Å². The summed E-state index contributed by atoms with van der Waals surface area (Å²) in [7, 11) is 1.47. The second-order valence-corrected chi connectivity index (χ2v) is 7.54. The van der Waals surface area contributed by atoms with Gasteiger partial charge in [-0.3, -0.25) is 4.79 Å². The van der Waals surface area contributed by atoms with Gasteiger partial charge in [0.1, 0.15) is 0 Å². The normalized spacial score (nSPS) is 33.0. The van der Waals surface area contributed by atoms with Crippen LogP contribution in [-0.2, 0) is 5.41 Å². The Kier molecular flexibility index (Phi) is 3.29. The van der Waals surface area contributed by atoms with E-state index in [0.29, 0.717) is 24.2 Å². The number of fused-ring (bicyclic) bond motifs is 3. The summed E-state index contributed by atoms with van der Waals surface area (Å²) in [6, 6.07) is 3.52. The van der Waals surface area contributed by atoms with Gasteiger partial charge in [-0.2, -0.15) is 0 Å². The third-order valence-electron chi connectivity index (χ3n) is 6.03. The number of benzene rings is 1. The number of hydrogen-bond acceptors (Lipinski definition) is 4. The quantitative estimate of drug-likeness (QED) is 0.837. The highest BCUT2D eigenvalue weighted by molar-refractivity contribution is 6.02. The summed E-state index contributed by atoms with van der Waals surface area (Å²) < 4.78 is 5.13. The smallest absolute Gasteiger partial charge is 0.168 e. The van der Waals surface area contributed by atoms with Gasteiger partial charge in [0.05, 0.1) is 18.8 Å². The fraction of sp³-hybridized carbons (Fsp3) is 0.611. The minimum Gasteiger partial charge on any atom is -0.504 e. The van der Waals surface area contributed by atoms with Crippen LogP contribution in [0.4, 0.5) is 0 Å². The van der Waals surface area contributed by atoms with Crippen molar-refractivity contribution in [3.05, 3.63) is 23.3 Å². The molecule has 2 N–H and O–H groups in total. The maximum Gasteiger partial charge on any atom is 0.168 e. The van der Waals surface area contributed by atoms with Crippen molar-refractivity contribution < 1.29 is 19.7 Å². The van der Waals surface area contributed by atoms with Crippen LogP contribution in [0.3, 0.4) is 0 Å². The van der Waals surface area contributed by atoms with E-state index in [4.69, 9.17) is 4.74 Å². The molecule has 2 aliphatic rings. The molecule has 120 valence electrons. The Balaban J connectivity index is 2.26. The zero-order valence-corrected chi connectivity index (χ0v) is 13.6. The van der Waals surface area contributed by atoms with Crippen LogP contribution in [0.5, 0.6) is 11.5 Å². The number of carbonyl (C=O) groups excluding carboxylic acids is 1. The van der Waals surface area contributed by atoms with E-state index in [1.165, 1.54) is 7.11 Å². The lowest BCUT2D eigenvalue weighted by Gasteiger charge is -2.56. The van der Waals surface area contributed by atoms with Crippen LogP contribution in [-0.4, -0.2) is 29.2 Å². The molecule has 22 heavy (non-hydrogen) atoms. The fourth-order valence-electron chi connectivity index (χ4n) is 4.64. The van der Waals surface area contributed by atoms with E-state index in [1.807, 2.05) is 13.0 Å². The van der Waals surface area contributed by atoms with Crippen molar-refractivity contribution in [1.82, 2.24) is 0 Å². The molecule has 3 rings (SSSR count). The number of aliphatic hydroxyl groups is 1. The van der Waals surface area contributed by atoms with Gasteiger partial charge < -0.3 is 14.9 Å². The predicted molar refractivity (Wildman–Crippen MR) is 83.5 cm³/mol. The molecular weight excluding hydrogens is 280 g/mol. The molecule has 0 saturated heterocycles. The summed E-state index contributed by atoms with van der Waals surface area (Å²) >= 11 is 0. The highest BCUT2D eigenvalue weighted by Crippen LogP contribution is 2.58. The summed E-state index contributed by atoms with van der Waals surface area (Å²) in [5, 5.41) is 21.1. The molecule has 0 radical (unpaired) electrons. The molecule has 0 spiro atoms. The molecule has 1 aromatic rings. The van der Waals surface area contributed by atoms with E-state index in [1.54, 1.807) is 6.07 Å². The lowest BCUT2D eigenvalue weighted by atomic mass is 9.49. The highest BCUT2D eigenvalue weighted by atomic mass is 16.5. The van der Waals surface area contributed by atoms with E-state index >= 15 is 0 Å². The van der Waals surface area contributed by atoms with Crippen LogP contribution in [0, 0.1) is 11.3 Å². The van der Waals surface area contributed by atoms with Crippen molar-refractivity contribution >= 4 is 5.78 Å². The number of methoxy groups -OCH3 is 1. The maximum atomic E-state index is 12.7. The molecule has 3 atom stereocenters. The molecule has 0 bridgehead atoms. The van der Waals surface area contributed by atoms with Gasteiger partial charge in [-0.1, -0.05) is 26.8 Å². The zero-order valence-electron chi connectivity index (χ0n) is 13.6. The van der Waals surface area contributed by atoms with Crippen LogP contribution in [0.2, 0.25) is 0 Å². The Morgan fingerprint density at radius 2 is 1.95 bits per heavy atom. The summed E-state index contributed by atoms with van der Waals surface area (Å²) in [4.78, 5) is 12.7. The predicted octanol–water partition coefficient (Wildman–Crippen LogP) is 3.04. The Morgan fingerprint density at radius 1 is 1.27 bits per heavy atom. The van der Waals surface area contributed by atoms with Crippen molar-refractivity contribution in [2.45, 2.75) is 51.6 Å². The van der Waals surface area contributed by atoms with Crippen molar-refractivity contribution in [2.24, 2.45) is 11.3 Å². The Morgan fingerprint density at radius 3 is 2.59 bits per heavy atom. The van der Waals surface area contributed by atoms with E-state index in [-0.39, 0.29) is 22.9 Å². The number of phenols is 1. The first-order valence-corrected chi connectivity index (χ1v) is 7.85. The number of Topliss-reactive ketones (excluding diaryl/α,β-unsaturated/α-hetero) is 1. The van der Waals surface area contributed by atoms with Crippen LogP contribution in [0.15, 0.2) is 12.1 Å². The third kappa shape index (κ3) is 1.83. The number of carbonyl (C=O) groups is 1. The SMILES string of the molecule is COc1ccc2c(c1O)C(=O)CC1C(C)(C)CC[C@@H](O)[C@]21C. The second-order valence-electron chi connectivity index (χ2n) is 7.54. The molecule has 1 aromatic carbocycles. The molecule has 0 aromatic heterocycles. The van der Waals surface area contributed by atoms with Gasteiger partial charge in [0.25, 0.3) is 0 Å². The average molecular weight is 304 g/mol. The minimum atomic E-state index is -0.519. The van der Waals surface area contributed by atoms with E-state index in [9.17, 15) is 15.0 Å². The van der Waals surface area contributed by atoms with Crippen molar-refractivity contribution in [2.75, 3.05) is 7.11 Å². The lowest BCUT2D eigenvalue weighted by molar-refractivity contribution is -0.0545. The first-order valence-electron chi connectivity index (χ1n) is 7.85. The molecule has 0 aliphatic heterocycles. The first kappa shape index (κ1) is 15.3. The standard InChI is InChI=1S/C18H24O4/c1-17(2)8-7-14(20)18(3)10-5-6-12(22-4)16(21)15(10)11(19)9-13(17)18/h5-6,13-14,20-21H,7-9H2,1-4H3/t13?,14-,18-/m1/s1. The molecule has 1 fully saturated rings. The van der Waals surface area contributed by atoms with Gasteiger partial charge in [0, 0.05) is 11.8 Å². The Bertz CT molecular complexity index is 634. The monoisotopic (exact) mass is 304 g/mol. The van der Waals surface area contributed by atoms with Crippen LogP contribution >= 0.6 is 0 Å². The third-order valence-corrected chi connectivity index (χ3v) is 6.03. The Labute approximate surface area is 131 Å². The first-order chi connectivity index (χ1) is 10.2. The lowest BCUT2D eigenvalue weighted by Crippen LogP contribution is -2.56. The van der Waals surface area contributed by atoms with Gasteiger partial charge >= 0.3 is 0 Å². The molecule has 2 aliphatic carbocycles. The van der Waals surface area contributed by atoms with E-state index in [2.05, 4.69) is 13.8 Å². The second kappa shape index (κ2) is 4.72. The fourth-order valence-corrected chi connectivity index (χ4v) is 4.64. The van der Waals surface area contributed by atoms with Gasteiger partial charge in [-0.15, -0.1) is 0 Å². The van der Waals surface area contributed by atoms with Gasteiger partial charge in [0.2, 0.25) is 0 Å². The summed E-state index contributed by atoms with van der Waals surface area (Å²) in [6.45, 7) is 6.37. The van der Waals surface area contributed by atoms with Gasteiger partial charge in [0.15, 0.2) is 17.3 Å². The number of rotatable bonds is 1. The van der Waals surface area contributed by atoms with Crippen LogP contribution < -0.4 is 4.74 Å². The van der Waals surface area contributed by atoms with Crippen molar-refractivity contribution in [3.8, 4) is 11.5 Å². The number of aromatic hydroxyl groups is 1. The molecule has 4 nitrogen and oxygen atoms in total. The van der Waals surface area contributed by atoms with Crippen molar-refractivity contribution in [3.63, 3.8) is 0 Å². The van der Waals surface area contributed by atoms with Crippen LogP contribution in [0.25, 0.3) is 0 Å². The molecule has 1 saturated carbocycles. The molecule has 4 heteroatoms. The van der Waals surface area contributed by atoms with E-state index in [0.717, 1.165) is 12.0 Å². The van der Waals surface area contributed by atoms with Crippen LogP contribution in [0.1, 0.15) is 56.0 Å². The molecule has 1 unspecified atom stereocenters. The zero-order chi connectivity index (χ0) is 16.3. The number of aliphatic hydroxyl groups excluding tert-OH is 1. The summed E-state index contributed by atoms with van der Waals surface area (Å²) in [5.41, 5.74) is 0.549. The van der Waals surface area contributed by atoms with E-state index < -0.39 is 11.5 Å². The average Bonchev–Trinajstić information content (AvgIpc) is 2.46. The molecular formula is C18H24O4. The maximum absolute atomic E-state index is 12.7. The number of hydrogen-bond donors (Lipinski definition) is 2. The van der Waals surface area contributed by atoms with Gasteiger partial charge in [-0.05, 0) is 35.8 Å². The highest BCUT2D eigenvalue weighted by Gasteiger charge is 2.56. The topological polar surface area (TPSA) is 66.8 Å².